The first kappa shape index (κ1) is 25.8. The second-order valence-electron chi connectivity index (χ2n) is 10.2. The summed E-state index contributed by atoms with van der Waals surface area (Å²) < 4.78 is 5.24. The minimum absolute atomic E-state index is 0.0123. The van der Waals surface area contributed by atoms with E-state index in [4.69, 9.17) is 4.74 Å². The van der Waals surface area contributed by atoms with Gasteiger partial charge in [0.15, 0.2) is 0 Å². The van der Waals surface area contributed by atoms with Gasteiger partial charge in [-0.15, -0.1) is 0 Å². The van der Waals surface area contributed by atoms with Gasteiger partial charge in [0.1, 0.15) is 23.4 Å². The number of alkyl carbamates (subject to hydrolysis) is 1. The molecule has 0 spiro atoms. The number of benzene rings is 1. The summed E-state index contributed by atoms with van der Waals surface area (Å²) in [6.07, 6.45) is 5.59. The maximum atomic E-state index is 13.6. The number of aliphatic hydroxyl groups is 1. The lowest BCUT2D eigenvalue weighted by molar-refractivity contribution is -0.144. The molecule has 1 aromatic rings. The molecule has 9 nitrogen and oxygen atoms in total. The van der Waals surface area contributed by atoms with Crippen molar-refractivity contribution in [3.63, 3.8) is 0 Å². The van der Waals surface area contributed by atoms with Gasteiger partial charge in [0.25, 0.3) is 0 Å². The molecule has 0 aliphatic heterocycles. The Balaban J connectivity index is 1.88. The fourth-order valence-electron chi connectivity index (χ4n) is 4.35. The zero-order valence-corrected chi connectivity index (χ0v) is 20.3. The number of aromatic hydroxyl groups is 1. The first-order chi connectivity index (χ1) is 16.1. The number of carbonyl (C=O) groups excluding carboxylic acids is 3. The van der Waals surface area contributed by atoms with Crippen LogP contribution < -0.4 is 10.6 Å². The van der Waals surface area contributed by atoms with Crippen molar-refractivity contribution in [3.05, 3.63) is 29.8 Å². The van der Waals surface area contributed by atoms with Crippen LogP contribution in [0, 0.1) is 0 Å². The SMILES string of the molecule is CC(C)(C)OC(=O)NC(CO)C(=O)N(C1CC1)C(C(=O)NC1CCCCC1)c1cccc(O)c1. The molecule has 34 heavy (non-hydrogen) atoms. The monoisotopic (exact) mass is 475 g/mol. The number of amides is 3. The molecule has 1 aromatic carbocycles. The second kappa shape index (κ2) is 11.1. The summed E-state index contributed by atoms with van der Waals surface area (Å²) in [5.41, 5.74) is -0.296. The van der Waals surface area contributed by atoms with Crippen LogP contribution >= 0.6 is 0 Å². The van der Waals surface area contributed by atoms with E-state index in [-0.39, 0.29) is 23.7 Å². The fraction of sp³-hybridized carbons (Fsp3) is 0.640. The molecule has 3 amide bonds. The Kier molecular flexibility index (Phi) is 8.41. The molecule has 0 aromatic heterocycles. The maximum absolute atomic E-state index is 13.6. The lowest BCUT2D eigenvalue weighted by Crippen LogP contribution is -2.55. The van der Waals surface area contributed by atoms with E-state index in [1.54, 1.807) is 32.9 Å². The summed E-state index contributed by atoms with van der Waals surface area (Å²) in [6.45, 7) is 4.46. The molecule has 9 heteroatoms. The number of nitrogens with one attached hydrogen (secondary N) is 2. The number of hydrogen-bond acceptors (Lipinski definition) is 6. The third-order valence-electron chi connectivity index (χ3n) is 6.03. The zero-order chi connectivity index (χ0) is 24.9. The minimum atomic E-state index is -1.27. The standard InChI is InChI=1S/C25H37N3O6/c1-25(2,3)34-24(33)27-20(15-29)23(32)28(18-12-13-18)21(16-8-7-11-19(30)14-16)22(31)26-17-9-5-4-6-10-17/h7-8,11,14,17-18,20-21,29-30H,4-6,9-10,12-13,15H2,1-3H3,(H,26,31)(H,27,33). The van der Waals surface area contributed by atoms with E-state index in [1.165, 1.54) is 17.0 Å². The van der Waals surface area contributed by atoms with E-state index < -0.39 is 36.3 Å². The van der Waals surface area contributed by atoms with Crippen molar-refractivity contribution in [1.82, 2.24) is 15.5 Å². The van der Waals surface area contributed by atoms with Crippen molar-refractivity contribution in [2.75, 3.05) is 6.61 Å². The van der Waals surface area contributed by atoms with Crippen molar-refractivity contribution in [2.45, 2.75) is 95.5 Å². The summed E-state index contributed by atoms with van der Waals surface area (Å²) >= 11 is 0. The molecule has 0 saturated heterocycles. The highest BCUT2D eigenvalue weighted by Crippen LogP contribution is 2.36. The predicted octanol–water partition coefficient (Wildman–Crippen LogP) is 2.76. The van der Waals surface area contributed by atoms with Crippen LogP contribution in [0.25, 0.3) is 0 Å². The van der Waals surface area contributed by atoms with Crippen LogP contribution in [0.3, 0.4) is 0 Å². The molecule has 2 atom stereocenters. The topological polar surface area (TPSA) is 128 Å². The molecule has 2 saturated carbocycles. The quantitative estimate of drug-likeness (QED) is 0.458. The van der Waals surface area contributed by atoms with E-state index in [0.29, 0.717) is 18.4 Å². The van der Waals surface area contributed by atoms with Crippen LogP contribution in [0.1, 0.15) is 77.3 Å². The summed E-state index contributed by atoms with van der Waals surface area (Å²) in [5, 5.41) is 25.5. The van der Waals surface area contributed by atoms with Gasteiger partial charge in [-0.25, -0.2) is 4.79 Å². The zero-order valence-electron chi connectivity index (χ0n) is 20.3. The first-order valence-electron chi connectivity index (χ1n) is 12.1. The van der Waals surface area contributed by atoms with Gasteiger partial charge >= 0.3 is 6.09 Å². The van der Waals surface area contributed by atoms with Crippen molar-refractivity contribution in [1.29, 1.82) is 0 Å². The van der Waals surface area contributed by atoms with E-state index in [9.17, 15) is 24.6 Å². The van der Waals surface area contributed by atoms with Crippen LogP contribution in [-0.4, -0.2) is 63.4 Å². The number of nitrogens with zero attached hydrogens (tertiary/aromatic N) is 1. The Morgan fingerprint density at radius 1 is 1.12 bits per heavy atom. The summed E-state index contributed by atoms with van der Waals surface area (Å²) in [4.78, 5) is 40.9. The largest absolute Gasteiger partial charge is 0.508 e. The molecule has 2 aliphatic rings. The lowest BCUT2D eigenvalue weighted by Gasteiger charge is -2.35. The van der Waals surface area contributed by atoms with Crippen molar-refractivity contribution in [2.24, 2.45) is 0 Å². The molecule has 4 N–H and O–H groups in total. The molecule has 0 radical (unpaired) electrons. The Morgan fingerprint density at radius 3 is 2.35 bits per heavy atom. The number of hydrogen-bond donors (Lipinski definition) is 4. The summed E-state index contributed by atoms with van der Waals surface area (Å²) in [5.74, 6) is -0.906. The van der Waals surface area contributed by atoms with Gasteiger partial charge in [0.2, 0.25) is 11.8 Å². The number of ether oxygens (including phenoxy) is 1. The summed E-state index contributed by atoms with van der Waals surface area (Å²) in [6, 6.07) is 3.87. The van der Waals surface area contributed by atoms with Gasteiger partial charge in [0.05, 0.1) is 6.61 Å². The van der Waals surface area contributed by atoms with E-state index >= 15 is 0 Å². The second-order valence-corrected chi connectivity index (χ2v) is 10.2. The van der Waals surface area contributed by atoms with Crippen molar-refractivity contribution >= 4 is 17.9 Å². The number of aliphatic hydroxyl groups excluding tert-OH is 1. The predicted molar refractivity (Wildman–Crippen MR) is 126 cm³/mol. The molecule has 3 rings (SSSR count). The molecule has 2 aliphatic carbocycles. The van der Waals surface area contributed by atoms with Crippen molar-refractivity contribution in [3.8, 4) is 5.75 Å². The number of carbonyl (C=O) groups is 3. The van der Waals surface area contributed by atoms with Crippen LogP contribution in [-0.2, 0) is 14.3 Å². The highest BCUT2D eigenvalue weighted by molar-refractivity contribution is 5.92. The number of rotatable bonds is 8. The number of phenols is 1. The van der Waals surface area contributed by atoms with E-state index in [1.807, 2.05) is 0 Å². The van der Waals surface area contributed by atoms with Gasteiger partial charge in [-0.3, -0.25) is 9.59 Å². The molecule has 0 bridgehead atoms. The van der Waals surface area contributed by atoms with Crippen LogP contribution in [0.5, 0.6) is 5.75 Å². The Labute approximate surface area is 200 Å². The lowest BCUT2D eigenvalue weighted by atomic mass is 9.94. The average Bonchev–Trinajstić information content (AvgIpc) is 3.59. The molecule has 2 fully saturated rings. The number of phenolic OH excluding ortho intramolecular Hbond substituents is 1. The van der Waals surface area contributed by atoms with Crippen LogP contribution in [0.2, 0.25) is 0 Å². The van der Waals surface area contributed by atoms with Gasteiger partial charge < -0.3 is 30.5 Å². The Bertz CT molecular complexity index is 874. The van der Waals surface area contributed by atoms with Crippen LogP contribution in [0.15, 0.2) is 24.3 Å². The fourth-order valence-corrected chi connectivity index (χ4v) is 4.35. The summed E-state index contributed by atoms with van der Waals surface area (Å²) in [7, 11) is 0. The average molecular weight is 476 g/mol. The van der Waals surface area contributed by atoms with Crippen LogP contribution in [0.4, 0.5) is 4.79 Å². The Hall–Kier alpha value is -2.81. The maximum Gasteiger partial charge on any atom is 0.408 e. The molecular formula is C25H37N3O6. The Morgan fingerprint density at radius 2 is 1.79 bits per heavy atom. The highest BCUT2D eigenvalue weighted by Gasteiger charge is 2.44. The molecular weight excluding hydrogens is 438 g/mol. The van der Waals surface area contributed by atoms with Gasteiger partial charge in [0, 0.05) is 12.1 Å². The normalized spacial score (nSPS) is 18.5. The minimum Gasteiger partial charge on any atom is -0.508 e. The molecule has 2 unspecified atom stereocenters. The third-order valence-corrected chi connectivity index (χ3v) is 6.03. The highest BCUT2D eigenvalue weighted by atomic mass is 16.6. The molecule has 0 heterocycles. The van der Waals surface area contributed by atoms with Crippen molar-refractivity contribution < 1.29 is 29.3 Å². The van der Waals surface area contributed by atoms with Gasteiger partial charge in [-0.05, 0) is 64.2 Å². The van der Waals surface area contributed by atoms with E-state index in [0.717, 1.165) is 32.1 Å². The third kappa shape index (κ3) is 7.09. The molecule has 188 valence electrons. The van der Waals surface area contributed by atoms with Gasteiger partial charge in [-0.2, -0.15) is 0 Å². The smallest absolute Gasteiger partial charge is 0.408 e. The van der Waals surface area contributed by atoms with E-state index in [2.05, 4.69) is 10.6 Å². The first-order valence-corrected chi connectivity index (χ1v) is 12.1. The van der Waals surface area contributed by atoms with Gasteiger partial charge in [-0.1, -0.05) is 31.4 Å².